The number of nitrogens with zero attached hydrogens (tertiary/aromatic N) is 1. The highest BCUT2D eigenvalue weighted by atomic mass is 32.2. The molecular weight excluding hydrogens is 328 g/mol. The van der Waals surface area contributed by atoms with Crippen molar-refractivity contribution in [1.82, 2.24) is 15.4 Å². The fraction of sp³-hybridized carbons (Fsp3) is 0.562. The van der Waals surface area contributed by atoms with Crippen LogP contribution in [0.4, 0.5) is 0 Å². The molecule has 8 heteroatoms. The van der Waals surface area contributed by atoms with Crippen LogP contribution in [0.15, 0.2) is 34.2 Å². The van der Waals surface area contributed by atoms with E-state index in [1.54, 1.807) is 31.3 Å². The molecule has 1 aromatic rings. The second kappa shape index (κ2) is 7.08. The van der Waals surface area contributed by atoms with Gasteiger partial charge < -0.3 is 15.4 Å². The Morgan fingerprint density at radius 2 is 2.04 bits per heavy atom. The normalized spacial score (nSPS) is 26.6. The van der Waals surface area contributed by atoms with Crippen molar-refractivity contribution in [2.24, 2.45) is 4.99 Å². The maximum absolute atomic E-state index is 11.7. The predicted molar refractivity (Wildman–Crippen MR) is 92.3 cm³/mol. The van der Waals surface area contributed by atoms with Crippen molar-refractivity contribution in [3.8, 4) is 0 Å². The maximum Gasteiger partial charge on any atom is 0.240 e. The maximum atomic E-state index is 11.7. The zero-order valence-electron chi connectivity index (χ0n) is 14.0. The molecule has 3 rings (SSSR count). The molecule has 24 heavy (non-hydrogen) atoms. The molecule has 3 atom stereocenters. The third-order valence-corrected chi connectivity index (χ3v) is 6.04. The van der Waals surface area contributed by atoms with Crippen LogP contribution in [0.1, 0.15) is 24.8 Å². The van der Waals surface area contributed by atoms with Crippen molar-refractivity contribution in [2.75, 3.05) is 14.1 Å². The number of guanidine groups is 1. The Bertz CT molecular complexity index is 703. The second-order valence-corrected chi connectivity index (χ2v) is 8.02. The van der Waals surface area contributed by atoms with Crippen molar-refractivity contribution in [3.05, 3.63) is 29.8 Å². The lowest BCUT2D eigenvalue weighted by molar-refractivity contribution is 0.0992. The Kier molecular flexibility index (Phi) is 5.07. The highest BCUT2D eigenvalue weighted by Gasteiger charge is 2.41. The first kappa shape index (κ1) is 17.2. The summed E-state index contributed by atoms with van der Waals surface area (Å²) >= 11 is 0. The zero-order valence-corrected chi connectivity index (χ0v) is 14.8. The molecule has 3 N–H and O–H groups in total. The molecule has 2 aliphatic rings. The Morgan fingerprint density at radius 1 is 1.29 bits per heavy atom. The molecule has 0 radical (unpaired) electrons. The third-order valence-electron chi connectivity index (χ3n) is 4.61. The van der Waals surface area contributed by atoms with Crippen LogP contribution in [0.3, 0.4) is 0 Å². The summed E-state index contributed by atoms with van der Waals surface area (Å²) in [6.45, 7) is 0.571. The van der Waals surface area contributed by atoms with Gasteiger partial charge in [0.25, 0.3) is 0 Å². The van der Waals surface area contributed by atoms with Gasteiger partial charge in [-0.1, -0.05) is 12.1 Å². The van der Waals surface area contributed by atoms with Crippen molar-refractivity contribution in [3.63, 3.8) is 0 Å². The van der Waals surface area contributed by atoms with Gasteiger partial charge >= 0.3 is 0 Å². The van der Waals surface area contributed by atoms with Crippen LogP contribution in [0, 0.1) is 0 Å². The van der Waals surface area contributed by atoms with E-state index in [1.807, 2.05) is 0 Å². The van der Waals surface area contributed by atoms with E-state index >= 15 is 0 Å². The van der Waals surface area contributed by atoms with Crippen molar-refractivity contribution in [1.29, 1.82) is 0 Å². The number of benzene rings is 1. The van der Waals surface area contributed by atoms with E-state index in [0.29, 0.717) is 24.8 Å². The van der Waals surface area contributed by atoms with E-state index < -0.39 is 10.0 Å². The highest BCUT2D eigenvalue weighted by Crippen LogP contribution is 2.34. The molecule has 1 aromatic carbocycles. The van der Waals surface area contributed by atoms with Crippen LogP contribution in [0.5, 0.6) is 0 Å². The van der Waals surface area contributed by atoms with E-state index in [2.05, 4.69) is 20.3 Å². The van der Waals surface area contributed by atoms with Gasteiger partial charge in [0.2, 0.25) is 10.0 Å². The first-order valence-electron chi connectivity index (χ1n) is 8.17. The van der Waals surface area contributed by atoms with E-state index in [1.165, 1.54) is 7.05 Å². The van der Waals surface area contributed by atoms with E-state index in [0.717, 1.165) is 30.8 Å². The minimum Gasteiger partial charge on any atom is -0.373 e. The van der Waals surface area contributed by atoms with E-state index in [4.69, 9.17) is 4.74 Å². The summed E-state index contributed by atoms with van der Waals surface area (Å²) in [5.41, 5.74) is 0.984. The van der Waals surface area contributed by atoms with Crippen LogP contribution in [0.25, 0.3) is 0 Å². The average Bonchev–Trinajstić information content (AvgIpc) is 3.21. The standard InChI is InChI=1S/C16H24N4O3S/c1-17-16(20-14-9-12-5-8-15(14)23-12)19-10-11-3-6-13(7-4-11)24(21,22)18-2/h3-4,6-7,12,14-15,18H,5,8-10H2,1-2H3,(H2,17,19,20). The predicted octanol–water partition coefficient (Wildman–Crippen LogP) is 0.580. The summed E-state index contributed by atoms with van der Waals surface area (Å²) < 4.78 is 31.6. The topological polar surface area (TPSA) is 91.8 Å². The molecule has 2 aliphatic heterocycles. The summed E-state index contributed by atoms with van der Waals surface area (Å²) in [5, 5.41) is 6.68. The summed E-state index contributed by atoms with van der Waals surface area (Å²) in [7, 11) is -0.247. The first-order chi connectivity index (χ1) is 11.5. The minimum absolute atomic E-state index is 0.260. The number of rotatable bonds is 5. The largest absolute Gasteiger partial charge is 0.373 e. The molecule has 2 fully saturated rings. The van der Waals surface area contributed by atoms with Crippen molar-refractivity contribution < 1.29 is 13.2 Å². The first-order valence-corrected chi connectivity index (χ1v) is 9.65. The molecule has 0 amide bonds. The third kappa shape index (κ3) is 3.71. The summed E-state index contributed by atoms with van der Waals surface area (Å²) in [6.07, 6.45) is 3.99. The molecule has 2 heterocycles. The number of fused-ring (bicyclic) bond motifs is 2. The fourth-order valence-electron chi connectivity index (χ4n) is 3.25. The fourth-order valence-corrected chi connectivity index (χ4v) is 3.98. The Morgan fingerprint density at radius 3 is 2.58 bits per heavy atom. The van der Waals surface area contributed by atoms with Gasteiger partial charge in [0.05, 0.1) is 23.1 Å². The quantitative estimate of drug-likeness (QED) is 0.533. The number of sulfonamides is 1. The molecular formula is C16H24N4O3S. The summed E-state index contributed by atoms with van der Waals surface area (Å²) in [6, 6.07) is 7.11. The van der Waals surface area contributed by atoms with Gasteiger partial charge in [0.15, 0.2) is 5.96 Å². The zero-order chi connectivity index (χ0) is 17.2. The number of hydrogen-bond donors (Lipinski definition) is 3. The molecule has 7 nitrogen and oxygen atoms in total. The lowest BCUT2D eigenvalue weighted by atomic mass is 9.96. The van der Waals surface area contributed by atoms with Gasteiger partial charge in [-0.2, -0.15) is 0 Å². The van der Waals surface area contributed by atoms with Gasteiger partial charge in [-0.15, -0.1) is 0 Å². The molecule has 3 unspecified atom stereocenters. The van der Waals surface area contributed by atoms with Crippen molar-refractivity contribution in [2.45, 2.75) is 49.0 Å². The lowest BCUT2D eigenvalue weighted by Gasteiger charge is -2.22. The Hall–Kier alpha value is -1.64. The SMILES string of the molecule is CN=C(NCc1ccc(S(=O)(=O)NC)cc1)NC1CC2CCC1O2. The smallest absolute Gasteiger partial charge is 0.240 e. The van der Waals surface area contributed by atoms with Crippen LogP contribution >= 0.6 is 0 Å². The highest BCUT2D eigenvalue weighted by molar-refractivity contribution is 7.89. The number of aliphatic imine (C=N–C) groups is 1. The number of ether oxygens (including phenoxy) is 1. The molecule has 2 bridgehead atoms. The second-order valence-electron chi connectivity index (χ2n) is 6.14. The molecule has 0 aromatic heterocycles. The molecule has 0 spiro atoms. The molecule has 0 aliphatic carbocycles. The van der Waals surface area contributed by atoms with E-state index in [-0.39, 0.29) is 4.90 Å². The Labute approximate surface area is 142 Å². The number of nitrogens with one attached hydrogen (secondary N) is 3. The van der Waals surface area contributed by atoms with Gasteiger partial charge in [-0.05, 0) is 44.0 Å². The van der Waals surface area contributed by atoms with Gasteiger partial charge in [0, 0.05) is 13.6 Å². The number of hydrogen-bond acceptors (Lipinski definition) is 4. The van der Waals surface area contributed by atoms with Crippen LogP contribution in [0.2, 0.25) is 0 Å². The Balaban J connectivity index is 1.54. The average molecular weight is 352 g/mol. The van der Waals surface area contributed by atoms with Crippen molar-refractivity contribution >= 4 is 16.0 Å². The van der Waals surface area contributed by atoms with Gasteiger partial charge in [0.1, 0.15) is 0 Å². The summed E-state index contributed by atoms with van der Waals surface area (Å²) in [4.78, 5) is 4.51. The van der Waals surface area contributed by atoms with Gasteiger partial charge in [-0.25, -0.2) is 13.1 Å². The van der Waals surface area contributed by atoms with Gasteiger partial charge in [-0.3, -0.25) is 4.99 Å². The lowest BCUT2D eigenvalue weighted by Crippen LogP contribution is -2.47. The van der Waals surface area contributed by atoms with E-state index in [9.17, 15) is 8.42 Å². The van der Waals surface area contributed by atoms with Crippen LogP contribution < -0.4 is 15.4 Å². The minimum atomic E-state index is -3.39. The van der Waals surface area contributed by atoms with Crippen LogP contribution in [-0.2, 0) is 21.3 Å². The monoisotopic (exact) mass is 352 g/mol. The molecule has 0 saturated carbocycles. The molecule has 132 valence electrons. The van der Waals surface area contributed by atoms with Crippen LogP contribution in [-0.4, -0.2) is 46.7 Å². The summed E-state index contributed by atoms with van der Waals surface area (Å²) in [5.74, 6) is 0.739. The molecule has 2 saturated heterocycles.